The van der Waals surface area contributed by atoms with E-state index >= 15 is 0 Å². The zero-order valence-corrected chi connectivity index (χ0v) is 10.3. The van der Waals surface area contributed by atoms with Gasteiger partial charge in [0.25, 0.3) is 0 Å². The maximum atomic E-state index is 3.79. The van der Waals surface area contributed by atoms with Gasteiger partial charge < -0.3 is 5.32 Å². The Morgan fingerprint density at radius 1 is 1.31 bits per heavy atom. The number of allylic oxidation sites excluding steroid dienone is 1. The second-order valence-corrected chi connectivity index (χ2v) is 4.14. The summed E-state index contributed by atoms with van der Waals surface area (Å²) in [6.45, 7) is 7.12. The summed E-state index contributed by atoms with van der Waals surface area (Å²) in [5.41, 5.74) is 1.39. The maximum Gasteiger partial charge on any atom is 0.0323 e. The molecule has 16 heavy (non-hydrogen) atoms. The first-order valence-corrected chi connectivity index (χ1v) is 6.27. The van der Waals surface area contributed by atoms with Gasteiger partial charge in [0.1, 0.15) is 0 Å². The van der Waals surface area contributed by atoms with Crippen molar-refractivity contribution in [2.45, 2.75) is 38.6 Å². The molecule has 0 aliphatic rings. The van der Waals surface area contributed by atoms with E-state index in [1.807, 2.05) is 6.08 Å². The van der Waals surface area contributed by atoms with E-state index in [2.05, 4.69) is 49.2 Å². The number of hydrogen-bond acceptors (Lipinski definition) is 1. The maximum absolute atomic E-state index is 3.79. The van der Waals surface area contributed by atoms with Crippen molar-refractivity contribution in [2.24, 2.45) is 0 Å². The highest BCUT2D eigenvalue weighted by Gasteiger charge is 2.08. The number of rotatable bonds is 8. The minimum atomic E-state index is 0.478. The smallest absolute Gasteiger partial charge is 0.0323 e. The quantitative estimate of drug-likeness (QED) is 0.511. The van der Waals surface area contributed by atoms with Crippen LogP contribution in [0, 0.1) is 0 Å². The average Bonchev–Trinajstić information content (AvgIpc) is 2.35. The monoisotopic (exact) mass is 217 g/mol. The molecule has 1 aromatic rings. The van der Waals surface area contributed by atoms with E-state index in [9.17, 15) is 0 Å². The van der Waals surface area contributed by atoms with Crippen molar-refractivity contribution in [3.05, 3.63) is 48.6 Å². The van der Waals surface area contributed by atoms with Crippen molar-refractivity contribution < 1.29 is 0 Å². The van der Waals surface area contributed by atoms with Crippen LogP contribution in [0.25, 0.3) is 0 Å². The molecular weight excluding hydrogens is 194 g/mol. The van der Waals surface area contributed by atoms with Gasteiger partial charge in [-0.3, -0.25) is 0 Å². The van der Waals surface area contributed by atoms with Crippen LogP contribution in [0.3, 0.4) is 0 Å². The van der Waals surface area contributed by atoms with Gasteiger partial charge in [-0.25, -0.2) is 0 Å². The molecule has 0 bridgehead atoms. The van der Waals surface area contributed by atoms with E-state index in [0.717, 1.165) is 19.4 Å². The van der Waals surface area contributed by atoms with Crippen molar-refractivity contribution in [1.82, 2.24) is 5.32 Å². The summed E-state index contributed by atoms with van der Waals surface area (Å²) < 4.78 is 0. The van der Waals surface area contributed by atoms with E-state index in [-0.39, 0.29) is 0 Å². The van der Waals surface area contributed by atoms with Gasteiger partial charge in [0.05, 0.1) is 0 Å². The normalized spacial score (nSPS) is 12.3. The molecule has 0 spiro atoms. The van der Waals surface area contributed by atoms with E-state index in [1.54, 1.807) is 0 Å². The van der Waals surface area contributed by atoms with Crippen molar-refractivity contribution in [1.29, 1.82) is 0 Å². The number of benzene rings is 1. The molecule has 1 aromatic carbocycles. The summed E-state index contributed by atoms with van der Waals surface area (Å²) >= 11 is 0. The lowest BCUT2D eigenvalue weighted by molar-refractivity contribution is 0.494. The van der Waals surface area contributed by atoms with Crippen molar-refractivity contribution in [3.8, 4) is 0 Å². The molecule has 0 aliphatic carbocycles. The van der Waals surface area contributed by atoms with Gasteiger partial charge in [-0.05, 0) is 31.4 Å². The fourth-order valence-electron chi connectivity index (χ4n) is 1.81. The Bertz CT molecular complexity index is 279. The summed E-state index contributed by atoms with van der Waals surface area (Å²) in [6.07, 6.45) is 6.70. The Morgan fingerprint density at radius 3 is 2.69 bits per heavy atom. The second kappa shape index (κ2) is 8.12. The molecular formula is C15H23N. The van der Waals surface area contributed by atoms with Crippen LogP contribution in [0.4, 0.5) is 0 Å². The lowest BCUT2D eigenvalue weighted by Crippen LogP contribution is -2.22. The first kappa shape index (κ1) is 13.0. The molecule has 1 unspecified atom stereocenters. The Kier molecular flexibility index (Phi) is 6.59. The van der Waals surface area contributed by atoms with Crippen LogP contribution in [0.1, 0.15) is 44.2 Å². The highest BCUT2D eigenvalue weighted by Crippen LogP contribution is 2.18. The van der Waals surface area contributed by atoms with Crippen LogP contribution in [0.2, 0.25) is 0 Å². The van der Waals surface area contributed by atoms with Gasteiger partial charge in [-0.2, -0.15) is 0 Å². The van der Waals surface area contributed by atoms with Crippen LogP contribution >= 0.6 is 0 Å². The molecule has 0 aliphatic heterocycles. The van der Waals surface area contributed by atoms with Gasteiger partial charge in [0.15, 0.2) is 0 Å². The predicted octanol–water partition coefficient (Wildman–Crippen LogP) is 4.08. The van der Waals surface area contributed by atoms with Crippen LogP contribution in [-0.4, -0.2) is 6.54 Å². The van der Waals surface area contributed by atoms with Crippen LogP contribution in [-0.2, 0) is 0 Å². The SMILES string of the molecule is C=CCCC(NCCCC)c1ccccc1. The van der Waals surface area contributed by atoms with Crippen LogP contribution < -0.4 is 5.32 Å². The Balaban J connectivity index is 2.52. The molecule has 1 rings (SSSR count). The van der Waals surface area contributed by atoms with E-state index in [1.165, 1.54) is 18.4 Å². The summed E-state index contributed by atoms with van der Waals surface area (Å²) in [6, 6.07) is 11.2. The third-order valence-corrected chi connectivity index (χ3v) is 2.78. The van der Waals surface area contributed by atoms with Crippen LogP contribution in [0.5, 0.6) is 0 Å². The number of hydrogen-bond donors (Lipinski definition) is 1. The molecule has 1 N–H and O–H groups in total. The van der Waals surface area contributed by atoms with Gasteiger partial charge >= 0.3 is 0 Å². The third kappa shape index (κ3) is 4.63. The molecule has 1 atom stereocenters. The lowest BCUT2D eigenvalue weighted by Gasteiger charge is -2.18. The zero-order valence-electron chi connectivity index (χ0n) is 10.3. The standard InChI is InChI=1S/C15H23N/c1-3-5-12-15(16-13-6-4-2)14-10-8-7-9-11-14/h3,7-11,15-16H,1,4-6,12-13H2,2H3. The van der Waals surface area contributed by atoms with Gasteiger partial charge in [0.2, 0.25) is 0 Å². The van der Waals surface area contributed by atoms with Crippen molar-refractivity contribution >= 4 is 0 Å². The van der Waals surface area contributed by atoms with Crippen molar-refractivity contribution in [2.75, 3.05) is 6.54 Å². The number of unbranched alkanes of at least 4 members (excludes halogenated alkanes) is 1. The molecule has 0 saturated heterocycles. The minimum Gasteiger partial charge on any atom is -0.310 e. The highest BCUT2D eigenvalue weighted by molar-refractivity contribution is 5.18. The van der Waals surface area contributed by atoms with Crippen LogP contribution in [0.15, 0.2) is 43.0 Å². The Morgan fingerprint density at radius 2 is 2.06 bits per heavy atom. The summed E-state index contributed by atoms with van der Waals surface area (Å²) in [5.74, 6) is 0. The molecule has 0 heterocycles. The molecule has 0 aromatic heterocycles. The summed E-state index contributed by atoms with van der Waals surface area (Å²) in [4.78, 5) is 0. The molecule has 0 amide bonds. The van der Waals surface area contributed by atoms with Gasteiger partial charge in [-0.15, -0.1) is 6.58 Å². The zero-order chi connectivity index (χ0) is 11.6. The first-order chi connectivity index (χ1) is 7.88. The summed E-state index contributed by atoms with van der Waals surface area (Å²) in [5, 5.41) is 3.62. The molecule has 0 fully saturated rings. The minimum absolute atomic E-state index is 0.478. The first-order valence-electron chi connectivity index (χ1n) is 6.27. The fraction of sp³-hybridized carbons (Fsp3) is 0.467. The third-order valence-electron chi connectivity index (χ3n) is 2.78. The van der Waals surface area contributed by atoms with E-state index in [0.29, 0.717) is 6.04 Å². The molecule has 1 heteroatoms. The van der Waals surface area contributed by atoms with E-state index in [4.69, 9.17) is 0 Å². The molecule has 0 radical (unpaired) electrons. The average molecular weight is 217 g/mol. The Labute approximate surface area is 99.6 Å². The predicted molar refractivity (Wildman–Crippen MR) is 71.5 cm³/mol. The summed E-state index contributed by atoms with van der Waals surface area (Å²) in [7, 11) is 0. The van der Waals surface area contributed by atoms with Crippen molar-refractivity contribution in [3.63, 3.8) is 0 Å². The second-order valence-electron chi connectivity index (χ2n) is 4.14. The molecule has 1 nitrogen and oxygen atoms in total. The fourth-order valence-corrected chi connectivity index (χ4v) is 1.81. The van der Waals surface area contributed by atoms with E-state index < -0.39 is 0 Å². The van der Waals surface area contributed by atoms with Gasteiger partial charge in [0, 0.05) is 6.04 Å². The number of nitrogens with one attached hydrogen (secondary N) is 1. The molecule has 0 saturated carbocycles. The Hall–Kier alpha value is -1.08. The lowest BCUT2D eigenvalue weighted by atomic mass is 10.0. The topological polar surface area (TPSA) is 12.0 Å². The van der Waals surface area contributed by atoms with Gasteiger partial charge in [-0.1, -0.05) is 49.8 Å². The largest absolute Gasteiger partial charge is 0.310 e. The molecule has 88 valence electrons. The highest BCUT2D eigenvalue weighted by atomic mass is 14.9.